The van der Waals surface area contributed by atoms with Crippen molar-refractivity contribution in [2.24, 2.45) is 11.8 Å². The van der Waals surface area contributed by atoms with E-state index in [9.17, 15) is 19.5 Å². The monoisotopic (exact) mass is 706 g/mol. The third-order valence-electron chi connectivity index (χ3n) is 10.9. The highest BCUT2D eigenvalue weighted by Crippen LogP contribution is 2.65. The van der Waals surface area contributed by atoms with Crippen LogP contribution in [0, 0.1) is 11.8 Å². The number of aliphatic carboxylic acids is 2. The predicted molar refractivity (Wildman–Crippen MR) is 174 cm³/mol. The van der Waals surface area contributed by atoms with Crippen molar-refractivity contribution in [1.82, 2.24) is 9.80 Å². The van der Waals surface area contributed by atoms with E-state index in [4.69, 9.17) is 53.1 Å². The fourth-order valence-corrected chi connectivity index (χ4v) is 8.78. The summed E-state index contributed by atoms with van der Waals surface area (Å²) in [4.78, 5) is 37.7. The summed E-state index contributed by atoms with van der Waals surface area (Å²) in [6.07, 6.45) is 1.99. The number of phenolic OH excluding ortho intramolecular Hbond substituents is 1. The number of likely N-dealkylation sites (tertiary alicyclic amines) is 1. The number of carboxylic acid groups (broad SMARTS) is 2. The van der Waals surface area contributed by atoms with Gasteiger partial charge in [0.25, 0.3) is 0 Å². The number of hydrogen-bond donors (Lipinski definition) is 5. The Morgan fingerprint density at radius 2 is 1.75 bits per heavy atom. The van der Waals surface area contributed by atoms with Gasteiger partial charge in [0.05, 0.1) is 29.6 Å². The van der Waals surface area contributed by atoms with Crippen LogP contribution in [-0.2, 0) is 32.6 Å². The first kappa shape index (κ1) is 34.6. The number of carboxylic acids is 2. The van der Waals surface area contributed by atoms with E-state index in [1.54, 1.807) is 25.3 Å². The number of benzene rings is 2. The largest absolute Gasteiger partial charge is 0.508 e. The van der Waals surface area contributed by atoms with Crippen LogP contribution in [0.4, 0.5) is 0 Å². The first-order valence-electron chi connectivity index (χ1n) is 16.1. The van der Waals surface area contributed by atoms with Crippen molar-refractivity contribution >= 4 is 41.0 Å². The average molecular weight is 708 g/mol. The van der Waals surface area contributed by atoms with E-state index in [-0.39, 0.29) is 29.9 Å². The molecule has 3 aliphatic carbocycles. The van der Waals surface area contributed by atoms with Gasteiger partial charge in [-0.3, -0.25) is 9.69 Å². The maximum atomic E-state index is 13.6. The highest BCUT2D eigenvalue weighted by atomic mass is 35.5. The van der Waals surface area contributed by atoms with Crippen LogP contribution >= 0.6 is 23.2 Å². The molecule has 2 aromatic rings. The van der Waals surface area contributed by atoms with Gasteiger partial charge < -0.3 is 39.9 Å². The molecule has 2 unspecified atom stereocenters. The summed E-state index contributed by atoms with van der Waals surface area (Å²) in [6, 6.07) is 7.42. The van der Waals surface area contributed by atoms with E-state index < -0.39 is 24.1 Å². The Kier molecular flexibility index (Phi) is 9.51. The number of rotatable bonds is 9. The summed E-state index contributed by atoms with van der Waals surface area (Å²) in [5.74, 6) is -0.557. The molecule has 2 bridgehead atoms. The summed E-state index contributed by atoms with van der Waals surface area (Å²) in [6.45, 7) is 2.19. The van der Waals surface area contributed by atoms with Crippen LogP contribution in [-0.4, -0.2) is 111 Å². The molecular formula is C34H40Cl2N2O10. The van der Waals surface area contributed by atoms with Crippen LogP contribution in [0.1, 0.15) is 48.8 Å². The number of aliphatic hydroxyl groups is 2. The molecule has 12 nitrogen and oxygen atoms in total. The highest BCUT2D eigenvalue weighted by Gasteiger charge is 2.67. The Labute approximate surface area is 287 Å². The number of piperidine rings is 1. The molecule has 7 rings (SSSR count). The van der Waals surface area contributed by atoms with E-state index in [0.29, 0.717) is 33.5 Å². The van der Waals surface area contributed by atoms with Crippen molar-refractivity contribution in [3.8, 4) is 17.2 Å². The number of hydrogen-bond acceptors (Lipinski definition) is 9. The van der Waals surface area contributed by atoms with E-state index in [2.05, 4.69) is 4.90 Å². The Morgan fingerprint density at radius 1 is 1.06 bits per heavy atom. The van der Waals surface area contributed by atoms with Crippen LogP contribution in [0.5, 0.6) is 17.2 Å². The molecule has 2 heterocycles. The average Bonchev–Trinajstić information content (AvgIpc) is 3.81. The lowest BCUT2D eigenvalue weighted by atomic mass is 9.50. The van der Waals surface area contributed by atoms with E-state index in [1.807, 2.05) is 18.0 Å². The number of likely N-dealkylation sites (N-methyl/N-ethyl adjacent to an activating group) is 1. The molecule has 3 fully saturated rings. The van der Waals surface area contributed by atoms with Gasteiger partial charge in [0.1, 0.15) is 11.9 Å². The lowest BCUT2D eigenvalue weighted by Crippen LogP contribution is -2.69. The number of ether oxygens (including phenoxy) is 2. The second kappa shape index (κ2) is 13.2. The minimum Gasteiger partial charge on any atom is -0.508 e. The molecule has 260 valence electrons. The maximum Gasteiger partial charge on any atom is 0.335 e. The number of amides is 1. The van der Waals surface area contributed by atoms with Gasteiger partial charge in [-0.05, 0) is 74.6 Å². The fraction of sp³-hybridized carbons (Fsp3) is 0.559. The fourth-order valence-electron chi connectivity index (χ4n) is 8.46. The molecule has 5 aliphatic rings. The number of carbonyl (C=O) groups is 3. The molecule has 0 aromatic heterocycles. The van der Waals surface area contributed by atoms with Crippen LogP contribution in [0.3, 0.4) is 0 Å². The lowest BCUT2D eigenvalue weighted by Gasteiger charge is -2.60. The first-order chi connectivity index (χ1) is 22.8. The zero-order chi connectivity index (χ0) is 34.7. The highest BCUT2D eigenvalue weighted by molar-refractivity contribution is 6.42. The number of aliphatic hydroxyl groups excluding tert-OH is 2. The second-order valence-corrected chi connectivity index (χ2v) is 14.4. The van der Waals surface area contributed by atoms with Crippen LogP contribution in [0.2, 0.25) is 10.0 Å². The Hall–Kier alpha value is -3.29. The van der Waals surface area contributed by atoms with Crippen molar-refractivity contribution < 1.29 is 49.4 Å². The summed E-state index contributed by atoms with van der Waals surface area (Å²) in [5.41, 5.74) is 2.80. The second-order valence-electron chi connectivity index (χ2n) is 13.6. The third-order valence-corrected chi connectivity index (χ3v) is 11.7. The van der Waals surface area contributed by atoms with Crippen LogP contribution in [0.25, 0.3) is 0 Å². The van der Waals surface area contributed by atoms with Gasteiger partial charge >= 0.3 is 11.9 Å². The van der Waals surface area contributed by atoms with Gasteiger partial charge in [0.2, 0.25) is 5.91 Å². The van der Waals surface area contributed by atoms with E-state index >= 15 is 0 Å². The lowest BCUT2D eigenvalue weighted by molar-refractivity contribution is -0.165. The standard InChI is InChI=1S/C30H34Cl2N2O4.C4H6O6/c1-33(26(36)12-17-5-7-20(31)21(32)11-17)22-8-6-19-23-13-18-24(35)14-25(37-2)28-27(18)30(19,29(22)38-28)9-10-34(23)15-16-3-4-16;5-1(3(7)8)2(6)4(9)10/h5,7,11,14,16,19,22-23,29,35H,3-4,6,8-10,12-13,15H2,1-2H3;1-2,5-6H,(H,7,8)(H,9,10)/t19-,22-,23+,29-,30-;/m0./s1. The molecule has 14 heteroatoms. The van der Waals surface area contributed by atoms with Gasteiger partial charge in [-0.15, -0.1) is 0 Å². The van der Waals surface area contributed by atoms with Gasteiger partial charge in [-0.2, -0.15) is 0 Å². The van der Waals surface area contributed by atoms with Crippen LogP contribution in [0.15, 0.2) is 24.3 Å². The van der Waals surface area contributed by atoms with Gasteiger partial charge in [-0.1, -0.05) is 29.3 Å². The van der Waals surface area contributed by atoms with Crippen molar-refractivity contribution in [3.63, 3.8) is 0 Å². The molecule has 5 N–H and O–H groups in total. The van der Waals surface area contributed by atoms with Gasteiger partial charge in [0.15, 0.2) is 23.7 Å². The van der Waals surface area contributed by atoms with Crippen molar-refractivity contribution in [2.45, 2.75) is 80.8 Å². The predicted octanol–water partition coefficient (Wildman–Crippen LogP) is 3.10. The summed E-state index contributed by atoms with van der Waals surface area (Å²) < 4.78 is 12.6. The number of aromatic hydroxyl groups is 1. The summed E-state index contributed by atoms with van der Waals surface area (Å²) >= 11 is 12.3. The molecule has 2 aromatic carbocycles. The summed E-state index contributed by atoms with van der Waals surface area (Å²) in [7, 11) is 3.54. The number of methoxy groups -OCH3 is 1. The minimum absolute atomic E-state index is 0.0383. The van der Waals surface area contributed by atoms with Crippen molar-refractivity contribution in [1.29, 1.82) is 0 Å². The van der Waals surface area contributed by atoms with Gasteiger partial charge in [-0.25, -0.2) is 9.59 Å². The Morgan fingerprint density at radius 3 is 2.35 bits per heavy atom. The molecule has 7 atom stereocenters. The number of nitrogens with zero attached hydrogens (tertiary/aromatic N) is 2. The van der Waals surface area contributed by atoms with Crippen LogP contribution < -0.4 is 9.47 Å². The normalized spacial score (nSPS) is 27.8. The molecule has 2 aliphatic heterocycles. The SMILES string of the molecule is COc1cc(O)c2c3c1O[C@H]1[C@@H](N(C)C(=O)Cc4ccc(Cl)c(Cl)c4)CC[C@H]4[C@@H](C2)N(CC2CC2)CC[C@@]341.O=C(O)C(O)C(O)C(=O)O. The van der Waals surface area contributed by atoms with Crippen molar-refractivity contribution in [2.75, 3.05) is 27.2 Å². The number of halogens is 2. The maximum absolute atomic E-state index is 13.6. The number of phenols is 1. The molecule has 1 amide bonds. The first-order valence-corrected chi connectivity index (χ1v) is 16.9. The summed E-state index contributed by atoms with van der Waals surface area (Å²) in [5, 5.41) is 44.6. The topological polar surface area (TPSA) is 177 Å². The molecule has 1 saturated heterocycles. The Balaban J connectivity index is 0.000000351. The molecule has 0 radical (unpaired) electrons. The molecule has 1 spiro atoms. The Bertz CT molecular complexity index is 1600. The third kappa shape index (κ3) is 5.95. The van der Waals surface area contributed by atoms with Crippen molar-refractivity contribution in [3.05, 3.63) is 51.0 Å². The van der Waals surface area contributed by atoms with E-state index in [0.717, 1.165) is 67.1 Å². The van der Waals surface area contributed by atoms with E-state index in [1.165, 1.54) is 12.8 Å². The molecule has 48 heavy (non-hydrogen) atoms. The molecular weight excluding hydrogens is 667 g/mol. The zero-order valence-corrected chi connectivity index (χ0v) is 28.2. The zero-order valence-electron chi connectivity index (χ0n) is 26.6. The minimum atomic E-state index is -2.27. The van der Waals surface area contributed by atoms with Gasteiger partial charge in [0, 0.05) is 42.2 Å². The number of carbonyl (C=O) groups excluding carboxylic acids is 1. The quantitative estimate of drug-likeness (QED) is 0.259. The molecule has 2 saturated carbocycles. The smallest absolute Gasteiger partial charge is 0.335 e.